The van der Waals surface area contributed by atoms with E-state index in [1.165, 1.54) is 26.7 Å². The van der Waals surface area contributed by atoms with Gasteiger partial charge in [-0.25, -0.2) is 4.98 Å². The second kappa shape index (κ2) is 13.3. The number of hydrogen-bond donors (Lipinski definition) is 2. The average molecular weight is 714 g/mol. The van der Waals surface area contributed by atoms with Gasteiger partial charge in [0.1, 0.15) is 0 Å². The molecule has 10 heteroatoms. The number of amides is 1. The molecule has 4 atom stereocenters. The molecule has 4 unspecified atom stereocenters. The molecule has 1 fully saturated rings. The average Bonchev–Trinajstić information content (AvgIpc) is 3.85. The predicted molar refractivity (Wildman–Crippen MR) is 201 cm³/mol. The number of nitrogens with zero attached hydrogens (tertiary/aromatic N) is 2. The van der Waals surface area contributed by atoms with Gasteiger partial charge in [0.2, 0.25) is 5.91 Å². The van der Waals surface area contributed by atoms with E-state index < -0.39 is 10.8 Å². The van der Waals surface area contributed by atoms with Crippen molar-refractivity contribution < 1.29 is 4.79 Å². The first-order valence-electron chi connectivity index (χ1n) is 15.8. The minimum absolute atomic E-state index is 0.0169. The number of anilines is 1. The molecule has 1 aliphatic carbocycles. The standard InChI is InChI=1S/C38H34Cl2N4O2S2/c1-4-44(36(46)38(3)16-15-28(39)33(40)22(38)2)27-13-7-9-23(17-27)21-47-37-42-34(32(29-20-41-29)35(45)43-37)26-12-8-11-24(18-26)31-19-25-10-5-6-14-30(25)48-31/h4-15,17-19,22,29,33,41H,1,16,20-21H2,2-3H3,(H,42,43,45). The first kappa shape index (κ1) is 32.9. The number of carbonyl (C=O) groups is 1. The van der Waals surface area contributed by atoms with Crippen LogP contribution >= 0.6 is 46.3 Å². The number of nitrogens with one attached hydrogen (secondary N) is 2. The molecule has 2 N–H and O–H groups in total. The van der Waals surface area contributed by atoms with E-state index in [1.807, 2.05) is 56.3 Å². The van der Waals surface area contributed by atoms with Crippen LogP contribution in [-0.4, -0.2) is 27.8 Å². The van der Waals surface area contributed by atoms with Crippen LogP contribution in [0.1, 0.15) is 37.4 Å². The zero-order valence-corrected chi connectivity index (χ0v) is 29.6. The summed E-state index contributed by atoms with van der Waals surface area (Å²) in [6.07, 6.45) is 3.90. The summed E-state index contributed by atoms with van der Waals surface area (Å²) in [4.78, 5) is 38.2. The van der Waals surface area contributed by atoms with Gasteiger partial charge in [-0.05, 0) is 59.2 Å². The Morgan fingerprint density at radius 3 is 2.67 bits per heavy atom. The fraction of sp³-hybridized carbons (Fsp3) is 0.237. The fourth-order valence-corrected chi connectivity index (χ4v) is 8.76. The highest BCUT2D eigenvalue weighted by Gasteiger charge is 2.46. The smallest absolute Gasteiger partial charge is 0.257 e. The van der Waals surface area contributed by atoms with Crippen molar-refractivity contribution in [3.8, 4) is 21.7 Å². The van der Waals surface area contributed by atoms with Gasteiger partial charge in [0.25, 0.3) is 5.56 Å². The molecule has 0 bridgehead atoms. The van der Waals surface area contributed by atoms with E-state index in [-0.39, 0.29) is 23.4 Å². The van der Waals surface area contributed by atoms with Gasteiger partial charge in [0.15, 0.2) is 5.16 Å². The molecule has 2 aromatic heterocycles. The summed E-state index contributed by atoms with van der Waals surface area (Å²) >= 11 is 16.1. The maximum Gasteiger partial charge on any atom is 0.257 e. The van der Waals surface area contributed by atoms with Crippen LogP contribution in [0.2, 0.25) is 0 Å². The summed E-state index contributed by atoms with van der Waals surface area (Å²) in [6, 6.07) is 26.6. The number of allylic oxidation sites excluding steroid dienone is 2. The Bertz CT molecular complexity index is 2110. The lowest BCUT2D eigenvalue weighted by atomic mass is 9.69. The van der Waals surface area contributed by atoms with Crippen molar-refractivity contribution in [2.45, 2.75) is 42.6 Å². The Morgan fingerprint density at radius 2 is 1.90 bits per heavy atom. The molecule has 244 valence electrons. The van der Waals surface area contributed by atoms with E-state index in [9.17, 15) is 9.59 Å². The highest BCUT2D eigenvalue weighted by molar-refractivity contribution is 7.98. The van der Waals surface area contributed by atoms with Gasteiger partial charge in [-0.3, -0.25) is 14.5 Å². The number of H-pyrrole nitrogens is 1. The number of aromatic amines is 1. The SMILES string of the molecule is C=CN(C(=O)C1(C)CC=C(Cl)C(Cl)C1C)c1cccc(CSc2nc(-c3cccc(-c4cc5ccccc5s4)c3)c(C3CN3)c(=O)[nH]2)c1. The van der Waals surface area contributed by atoms with Crippen LogP contribution in [0.5, 0.6) is 0 Å². The molecule has 0 saturated carbocycles. The van der Waals surface area contributed by atoms with Crippen LogP contribution in [0.3, 0.4) is 0 Å². The van der Waals surface area contributed by atoms with E-state index in [0.29, 0.717) is 39.3 Å². The summed E-state index contributed by atoms with van der Waals surface area (Å²) in [5.74, 6) is 0.286. The van der Waals surface area contributed by atoms with Crippen molar-refractivity contribution in [2.75, 3.05) is 11.4 Å². The highest BCUT2D eigenvalue weighted by atomic mass is 35.5. The van der Waals surface area contributed by atoms with Gasteiger partial charge in [0, 0.05) is 44.4 Å². The van der Waals surface area contributed by atoms with Crippen LogP contribution in [0.25, 0.3) is 31.8 Å². The van der Waals surface area contributed by atoms with Gasteiger partial charge in [0.05, 0.1) is 28.1 Å². The van der Waals surface area contributed by atoms with Gasteiger partial charge >= 0.3 is 0 Å². The lowest BCUT2D eigenvalue weighted by Gasteiger charge is -2.41. The van der Waals surface area contributed by atoms with Crippen molar-refractivity contribution in [1.82, 2.24) is 15.3 Å². The third-order valence-corrected chi connectivity index (χ3v) is 12.6. The molecule has 48 heavy (non-hydrogen) atoms. The van der Waals surface area contributed by atoms with Crippen LogP contribution in [-0.2, 0) is 10.5 Å². The molecular weight excluding hydrogens is 679 g/mol. The van der Waals surface area contributed by atoms with Crippen molar-refractivity contribution in [2.24, 2.45) is 11.3 Å². The number of benzene rings is 3. The number of hydrogen-bond acceptors (Lipinski definition) is 6. The van der Waals surface area contributed by atoms with Crippen LogP contribution < -0.4 is 15.8 Å². The van der Waals surface area contributed by atoms with Crippen LogP contribution in [0, 0.1) is 11.3 Å². The summed E-state index contributed by atoms with van der Waals surface area (Å²) in [5, 5.41) is 5.19. The number of alkyl halides is 1. The second-order valence-electron chi connectivity index (χ2n) is 12.5. The number of rotatable bonds is 9. The van der Waals surface area contributed by atoms with Crippen LogP contribution in [0.4, 0.5) is 5.69 Å². The van der Waals surface area contributed by atoms with Crippen molar-refractivity contribution in [3.05, 3.63) is 124 Å². The largest absolute Gasteiger partial charge is 0.307 e. The molecule has 3 heterocycles. The van der Waals surface area contributed by atoms with E-state index >= 15 is 0 Å². The third-order valence-electron chi connectivity index (χ3n) is 9.42. The predicted octanol–water partition coefficient (Wildman–Crippen LogP) is 9.51. The molecule has 1 amide bonds. The summed E-state index contributed by atoms with van der Waals surface area (Å²) < 4.78 is 1.24. The van der Waals surface area contributed by atoms with Gasteiger partial charge in [-0.1, -0.05) is 98.4 Å². The van der Waals surface area contributed by atoms with Crippen LogP contribution in [0.15, 0.2) is 113 Å². The Balaban J connectivity index is 1.15. The van der Waals surface area contributed by atoms with E-state index in [2.05, 4.69) is 59.3 Å². The normalized spacial score (nSPS) is 21.9. The maximum absolute atomic E-state index is 13.9. The molecule has 2 aliphatic rings. The summed E-state index contributed by atoms with van der Waals surface area (Å²) in [7, 11) is 0. The lowest BCUT2D eigenvalue weighted by Crippen LogP contribution is -2.47. The molecule has 3 aromatic carbocycles. The fourth-order valence-electron chi connectivity index (χ4n) is 6.26. The zero-order chi connectivity index (χ0) is 33.6. The van der Waals surface area contributed by atoms with E-state index in [4.69, 9.17) is 28.2 Å². The molecule has 6 nitrogen and oxygen atoms in total. The Labute approximate surface area is 297 Å². The quantitative estimate of drug-likeness (QED) is 0.0688. The van der Waals surface area contributed by atoms with Crippen molar-refractivity contribution in [1.29, 1.82) is 0 Å². The number of thiophene rings is 1. The molecule has 0 radical (unpaired) electrons. The minimum Gasteiger partial charge on any atom is -0.307 e. The lowest BCUT2D eigenvalue weighted by molar-refractivity contribution is -0.129. The molecule has 0 spiro atoms. The van der Waals surface area contributed by atoms with Gasteiger partial charge in [-0.2, -0.15) is 0 Å². The van der Waals surface area contributed by atoms with Crippen molar-refractivity contribution >= 4 is 68.0 Å². The van der Waals surface area contributed by atoms with Gasteiger partial charge in [-0.15, -0.1) is 22.9 Å². The Morgan fingerprint density at radius 1 is 1.12 bits per heavy atom. The molecular formula is C38H34Cl2N4O2S2. The first-order valence-corrected chi connectivity index (χ1v) is 18.4. The first-order chi connectivity index (χ1) is 23.2. The molecule has 5 aromatic rings. The number of carbonyl (C=O) groups excluding carboxylic acids is 1. The second-order valence-corrected chi connectivity index (χ2v) is 15.5. The number of fused-ring (bicyclic) bond motifs is 1. The van der Waals surface area contributed by atoms with E-state index in [1.54, 1.807) is 22.4 Å². The highest BCUT2D eigenvalue weighted by Crippen LogP contribution is 2.46. The molecule has 7 rings (SSSR count). The van der Waals surface area contributed by atoms with Gasteiger partial charge < -0.3 is 10.3 Å². The summed E-state index contributed by atoms with van der Waals surface area (Å²) in [5.41, 5.74) is 4.16. The number of halogens is 2. The third kappa shape index (κ3) is 6.28. The topological polar surface area (TPSA) is 88.0 Å². The zero-order valence-electron chi connectivity index (χ0n) is 26.5. The Hall–Kier alpha value is -3.66. The maximum atomic E-state index is 13.9. The van der Waals surface area contributed by atoms with E-state index in [0.717, 1.165) is 23.2 Å². The monoisotopic (exact) mass is 712 g/mol. The van der Waals surface area contributed by atoms with Crippen molar-refractivity contribution in [3.63, 3.8) is 0 Å². The summed E-state index contributed by atoms with van der Waals surface area (Å²) in [6.45, 7) is 8.60. The molecule has 1 saturated heterocycles. The minimum atomic E-state index is -0.740. The number of thioether (sulfide) groups is 1. The molecule has 1 aliphatic heterocycles. The number of aromatic nitrogens is 2. The Kier molecular flexibility index (Phi) is 9.13.